The maximum atomic E-state index is 12.1. The second-order valence-electron chi connectivity index (χ2n) is 5.88. The molecule has 1 aromatic rings. The van der Waals surface area contributed by atoms with Gasteiger partial charge in [-0.1, -0.05) is 36.8 Å². The molecule has 21 heavy (non-hydrogen) atoms. The van der Waals surface area contributed by atoms with Crippen LogP contribution >= 0.6 is 0 Å². The van der Waals surface area contributed by atoms with Crippen LogP contribution < -0.4 is 5.43 Å². The number of hydrazine groups is 1. The lowest BCUT2D eigenvalue weighted by Gasteiger charge is -2.39. The lowest BCUT2D eigenvalue weighted by molar-refractivity contribution is -0.142. The summed E-state index contributed by atoms with van der Waals surface area (Å²) in [5.41, 5.74) is 4.46. The van der Waals surface area contributed by atoms with E-state index in [4.69, 9.17) is 4.74 Å². The first-order chi connectivity index (χ1) is 10.1. The molecule has 0 spiro atoms. The molecule has 1 heterocycles. The molecule has 4 heteroatoms. The molecule has 0 bridgehead atoms. The van der Waals surface area contributed by atoms with E-state index in [1.54, 1.807) is 0 Å². The van der Waals surface area contributed by atoms with Gasteiger partial charge in [-0.3, -0.25) is 10.2 Å². The molecule has 1 fully saturated rings. The lowest BCUT2D eigenvalue weighted by Crippen LogP contribution is -2.53. The van der Waals surface area contributed by atoms with Gasteiger partial charge in [0.15, 0.2) is 0 Å². The van der Waals surface area contributed by atoms with E-state index in [1.165, 1.54) is 26.4 Å². The molecule has 0 saturated carbocycles. The highest BCUT2D eigenvalue weighted by atomic mass is 16.5. The van der Waals surface area contributed by atoms with Gasteiger partial charge in [-0.05, 0) is 32.3 Å². The number of piperidine rings is 1. The second-order valence-corrected chi connectivity index (χ2v) is 5.88. The van der Waals surface area contributed by atoms with Crippen LogP contribution in [0.3, 0.4) is 0 Å². The Labute approximate surface area is 127 Å². The van der Waals surface area contributed by atoms with Crippen LogP contribution in [0.5, 0.6) is 0 Å². The molecule has 1 aromatic carbocycles. The summed E-state index contributed by atoms with van der Waals surface area (Å²) in [5.74, 6) is -0.455. The molecule has 4 nitrogen and oxygen atoms in total. The molecule has 0 amide bonds. The van der Waals surface area contributed by atoms with Gasteiger partial charge in [0.2, 0.25) is 0 Å². The number of nitrogens with zero attached hydrogens (tertiary/aromatic N) is 1. The zero-order valence-electron chi connectivity index (χ0n) is 13.2. The minimum Gasteiger partial charge on any atom is -0.469 e. The Morgan fingerprint density at radius 3 is 2.48 bits per heavy atom. The van der Waals surface area contributed by atoms with E-state index in [1.807, 2.05) is 30.3 Å². The molecule has 1 aliphatic heterocycles. The molecular formula is C17H26N2O2. The molecule has 0 aromatic heterocycles. The van der Waals surface area contributed by atoms with E-state index >= 15 is 0 Å². The monoisotopic (exact) mass is 290 g/mol. The Morgan fingerprint density at radius 2 is 1.90 bits per heavy atom. The van der Waals surface area contributed by atoms with Crippen LogP contribution in [0.1, 0.15) is 44.6 Å². The normalized spacial score (nSPS) is 24.5. The highest BCUT2D eigenvalue weighted by Gasteiger charge is 2.27. The number of carbonyl (C=O) groups is 1. The number of methoxy groups -OCH3 is 1. The largest absolute Gasteiger partial charge is 0.469 e. The maximum Gasteiger partial charge on any atom is 0.314 e. The van der Waals surface area contributed by atoms with Gasteiger partial charge in [0.25, 0.3) is 0 Å². The third kappa shape index (κ3) is 4.05. The Balaban J connectivity index is 2.04. The molecule has 1 N–H and O–H groups in total. The number of benzene rings is 1. The van der Waals surface area contributed by atoms with Crippen molar-refractivity contribution in [2.75, 3.05) is 13.7 Å². The van der Waals surface area contributed by atoms with Crippen LogP contribution in [0.15, 0.2) is 30.3 Å². The van der Waals surface area contributed by atoms with E-state index < -0.39 is 0 Å². The van der Waals surface area contributed by atoms with Crippen molar-refractivity contribution in [2.24, 2.45) is 0 Å². The Hall–Kier alpha value is -1.39. The van der Waals surface area contributed by atoms with Crippen molar-refractivity contribution >= 4 is 5.97 Å². The molecular weight excluding hydrogens is 264 g/mol. The van der Waals surface area contributed by atoms with Crippen molar-refractivity contribution in [1.29, 1.82) is 0 Å². The first-order valence-electron chi connectivity index (χ1n) is 7.78. The minimum absolute atomic E-state index is 0.189. The summed E-state index contributed by atoms with van der Waals surface area (Å²) in [6.45, 7) is 5.04. The first kappa shape index (κ1) is 16.0. The Morgan fingerprint density at radius 1 is 1.29 bits per heavy atom. The van der Waals surface area contributed by atoms with Crippen LogP contribution in [0.2, 0.25) is 0 Å². The zero-order chi connectivity index (χ0) is 15.2. The van der Waals surface area contributed by atoms with Gasteiger partial charge in [0.05, 0.1) is 13.0 Å². The number of nitrogens with one attached hydrogen (secondary N) is 1. The number of hydrogen-bond acceptors (Lipinski definition) is 4. The number of esters is 1. The van der Waals surface area contributed by atoms with E-state index in [0.717, 1.165) is 5.56 Å². The molecule has 2 rings (SSSR count). The topological polar surface area (TPSA) is 41.6 Å². The van der Waals surface area contributed by atoms with Crippen molar-refractivity contribution in [3.63, 3.8) is 0 Å². The van der Waals surface area contributed by atoms with Crippen molar-refractivity contribution < 1.29 is 9.53 Å². The van der Waals surface area contributed by atoms with Crippen molar-refractivity contribution in [3.05, 3.63) is 35.9 Å². The van der Waals surface area contributed by atoms with Gasteiger partial charge in [-0.15, -0.1) is 0 Å². The quantitative estimate of drug-likeness (QED) is 0.847. The van der Waals surface area contributed by atoms with Crippen LogP contribution in [0.25, 0.3) is 0 Å². The predicted octanol–water partition coefficient (Wildman–Crippen LogP) is 2.71. The standard InChI is InChI=1S/C17H26N2O2/c1-13-8-7-9-14(2)19(13)18-12-16(17(20)21-3)15-10-5-4-6-11-15/h4-6,10-11,13-14,16,18H,7-9,12H2,1-3H3. The summed E-state index contributed by atoms with van der Waals surface area (Å²) in [4.78, 5) is 12.1. The summed E-state index contributed by atoms with van der Waals surface area (Å²) in [6, 6.07) is 10.8. The van der Waals surface area contributed by atoms with E-state index in [0.29, 0.717) is 18.6 Å². The van der Waals surface area contributed by atoms with Gasteiger partial charge in [-0.25, -0.2) is 5.01 Å². The third-order valence-electron chi connectivity index (χ3n) is 4.36. The van der Waals surface area contributed by atoms with E-state index in [9.17, 15) is 4.79 Å². The highest BCUT2D eigenvalue weighted by molar-refractivity contribution is 5.78. The Kier molecular flexibility index (Phi) is 5.76. The molecule has 1 aliphatic rings. The van der Waals surface area contributed by atoms with Gasteiger partial charge < -0.3 is 4.74 Å². The molecule has 116 valence electrons. The summed E-state index contributed by atoms with van der Waals surface area (Å²) in [6.07, 6.45) is 3.68. The third-order valence-corrected chi connectivity index (χ3v) is 4.36. The number of ether oxygens (including phenoxy) is 1. The van der Waals surface area contributed by atoms with Gasteiger partial charge in [0, 0.05) is 18.6 Å². The first-order valence-corrected chi connectivity index (χ1v) is 7.78. The van der Waals surface area contributed by atoms with Crippen molar-refractivity contribution in [3.8, 4) is 0 Å². The van der Waals surface area contributed by atoms with Crippen LogP contribution in [-0.2, 0) is 9.53 Å². The molecule has 0 radical (unpaired) electrons. The van der Waals surface area contributed by atoms with E-state index in [-0.39, 0.29) is 11.9 Å². The van der Waals surface area contributed by atoms with Crippen LogP contribution in [0, 0.1) is 0 Å². The van der Waals surface area contributed by atoms with Gasteiger partial charge in [0.1, 0.15) is 0 Å². The fourth-order valence-corrected chi connectivity index (χ4v) is 3.09. The van der Waals surface area contributed by atoms with E-state index in [2.05, 4.69) is 24.3 Å². The van der Waals surface area contributed by atoms with Crippen LogP contribution in [-0.4, -0.2) is 36.7 Å². The predicted molar refractivity (Wildman–Crippen MR) is 83.8 cm³/mol. The maximum absolute atomic E-state index is 12.1. The average Bonchev–Trinajstić information content (AvgIpc) is 2.50. The Bertz CT molecular complexity index is 439. The molecule has 0 aliphatic carbocycles. The van der Waals surface area contributed by atoms with Crippen molar-refractivity contribution in [1.82, 2.24) is 10.4 Å². The fourth-order valence-electron chi connectivity index (χ4n) is 3.09. The SMILES string of the molecule is COC(=O)C(CNN1C(C)CCCC1C)c1ccccc1. The lowest BCUT2D eigenvalue weighted by atomic mass is 9.98. The van der Waals surface area contributed by atoms with Gasteiger partial charge >= 0.3 is 5.97 Å². The summed E-state index contributed by atoms with van der Waals surface area (Å²) in [7, 11) is 1.45. The minimum atomic E-state index is -0.266. The number of carbonyl (C=O) groups excluding carboxylic acids is 1. The highest BCUT2D eigenvalue weighted by Crippen LogP contribution is 2.22. The molecule has 1 saturated heterocycles. The average molecular weight is 290 g/mol. The second kappa shape index (κ2) is 7.57. The summed E-state index contributed by atoms with van der Waals surface area (Å²) >= 11 is 0. The smallest absolute Gasteiger partial charge is 0.314 e. The molecule has 3 atom stereocenters. The number of rotatable bonds is 5. The summed E-state index contributed by atoms with van der Waals surface area (Å²) in [5, 5.41) is 2.29. The van der Waals surface area contributed by atoms with Crippen molar-refractivity contribution in [2.45, 2.75) is 51.1 Å². The zero-order valence-corrected chi connectivity index (χ0v) is 13.2. The van der Waals surface area contributed by atoms with Gasteiger partial charge in [-0.2, -0.15) is 0 Å². The number of hydrogen-bond donors (Lipinski definition) is 1. The molecule has 3 unspecified atom stereocenters. The summed E-state index contributed by atoms with van der Waals surface area (Å²) < 4.78 is 4.96. The van der Waals surface area contributed by atoms with Crippen LogP contribution in [0.4, 0.5) is 0 Å². The fraction of sp³-hybridized carbons (Fsp3) is 0.588.